The van der Waals surface area contributed by atoms with E-state index in [1.807, 2.05) is 0 Å². The van der Waals surface area contributed by atoms with Crippen LogP contribution in [0, 0.1) is 11.3 Å². The summed E-state index contributed by atoms with van der Waals surface area (Å²) in [4.78, 5) is 12.4. The molecular formula is C15H15ClN2O3. The first-order valence-electron chi connectivity index (χ1n) is 6.96. The fourth-order valence-electron chi connectivity index (χ4n) is 2.81. The van der Waals surface area contributed by atoms with Crippen molar-refractivity contribution in [3.8, 4) is 17.6 Å². The molecule has 1 amide bonds. The first-order chi connectivity index (χ1) is 10.1. The topological polar surface area (TPSA) is 71.4 Å². The van der Waals surface area contributed by atoms with Gasteiger partial charge in [-0.05, 0) is 25.0 Å². The van der Waals surface area contributed by atoms with Crippen LogP contribution in [-0.4, -0.2) is 18.2 Å². The molecule has 6 heteroatoms. The van der Waals surface area contributed by atoms with E-state index < -0.39 is 5.54 Å². The van der Waals surface area contributed by atoms with Crippen molar-refractivity contribution >= 4 is 17.5 Å². The number of ether oxygens (including phenoxy) is 2. The Morgan fingerprint density at radius 1 is 1.29 bits per heavy atom. The molecule has 0 bridgehead atoms. The second kappa shape index (κ2) is 5.45. The van der Waals surface area contributed by atoms with Crippen molar-refractivity contribution in [2.45, 2.75) is 37.6 Å². The Kier molecular flexibility index (Phi) is 3.64. The minimum atomic E-state index is -0.766. The van der Waals surface area contributed by atoms with Gasteiger partial charge in [0, 0.05) is 5.56 Å². The highest BCUT2D eigenvalue weighted by atomic mass is 35.5. The summed E-state index contributed by atoms with van der Waals surface area (Å²) in [5.74, 6) is 0.613. The molecule has 1 fully saturated rings. The van der Waals surface area contributed by atoms with E-state index in [0.717, 1.165) is 19.3 Å². The molecule has 1 aliphatic heterocycles. The van der Waals surface area contributed by atoms with E-state index in [1.54, 1.807) is 6.07 Å². The van der Waals surface area contributed by atoms with E-state index >= 15 is 0 Å². The SMILES string of the molecule is N#CC1(NC(=O)c2cc(Cl)c3c(c2)OCO3)CCCCC1. The van der Waals surface area contributed by atoms with Gasteiger partial charge in [-0.25, -0.2) is 0 Å². The van der Waals surface area contributed by atoms with Crippen molar-refractivity contribution in [3.05, 3.63) is 22.7 Å². The Hall–Kier alpha value is -1.93. The standard InChI is InChI=1S/C15H15ClN2O3/c16-11-6-10(7-12-13(11)21-9-20-12)14(19)18-15(8-17)4-2-1-3-5-15/h6-7H,1-5,9H2,(H,18,19). The summed E-state index contributed by atoms with van der Waals surface area (Å²) >= 11 is 6.08. The largest absolute Gasteiger partial charge is 0.454 e. The quantitative estimate of drug-likeness (QED) is 0.911. The number of nitriles is 1. The van der Waals surface area contributed by atoms with Crippen LogP contribution in [0.25, 0.3) is 0 Å². The molecule has 0 saturated heterocycles. The number of benzene rings is 1. The molecule has 0 aromatic heterocycles. The summed E-state index contributed by atoms with van der Waals surface area (Å²) in [6.07, 6.45) is 4.39. The van der Waals surface area contributed by atoms with E-state index in [2.05, 4.69) is 11.4 Å². The van der Waals surface area contributed by atoms with Gasteiger partial charge in [0.15, 0.2) is 11.5 Å². The lowest BCUT2D eigenvalue weighted by Gasteiger charge is -2.31. The fourth-order valence-corrected chi connectivity index (χ4v) is 3.07. The van der Waals surface area contributed by atoms with Gasteiger partial charge in [0.1, 0.15) is 5.54 Å². The van der Waals surface area contributed by atoms with Gasteiger partial charge in [0.25, 0.3) is 5.91 Å². The molecule has 0 radical (unpaired) electrons. The number of halogens is 1. The van der Waals surface area contributed by atoms with Gasteiger partial charge in [-0.3, -0.25) is 4.79 Å². The lowest BCUT2D eigenvalue weighted by molar-refractivity contribution is 0.0902. The average molecular weight is 307 g/mol. The maximum atomic E-state index is 12.4. The van der Waals surface area contributed by atoms with Gasteiger partial charge < -0.3 is 14.8 Å². The Morgan fingerprint density at radius 3 is 2.76 bits per heavy atom. The van der Waals surface area contributed by atoms with Crippen LogP contribution >= 0.6 is 11.6 Å². The molecule has 1 N–H and O–H groups in total. The molecule has 1 aliphatic carbocycles. The van der Waals surface area contributed by atoms with Crippen LogP contribution in [-0.2, 0) is 0 Å². The van der Waals surface area contributed by atoms with Crippen LogP contribution < -0.4 is 14.8 Å². The van der Waals surface area contributed by atoms with E-state index in [0.29, 0.717) is 34.9 Å². The lowest BCUT2D eigenvalue weighted by atomic mass is 9.82. The van der Waals surface area contributed by atoms with E-state index in [1.165, 1.54) is 6.07 Å². The number of amides is 1. The normalized spacial score (nSPS) is 18.9. The van der Waals surface area contributed by atoms with Crippen molar-refractivity contribution < 1.29 is 14.3 Å². The number of rotatable bonds is 2. The summed E-state index contributed by atoms with van der Waals surface area (Å²) in [7, 11) is 0. The third-order valence-electron chi connectivity index (χ3n) is 3.96. The molecule has 5 nitrogen and oxygen atoms in total. The second-order valence-electron chi connectivity index (χ2n) is 5.40. The summed E-state index contributed by atoms with van der Waals surface area (Å²) < 4.78 is 10.5. The van der Waals surface area contributed by atoms with Crippen LogP contribution in [0.5, 0.6) is 11.5 Å². The van der Waals surface area contributed by atoms with Crippen LogP contribution in [0.3, 0.4) is 0 Å². The van der Waals surface area contributed by atoms with Crippen molar-refractivity contribution in [1.82, 2.24) is 5.32 Å². The molecule has 0 spiro atoms. The number of nitrogens with zero attached hydrogens (tertiary/aromatic N) is 1. The van der Waals surface area contributed by atoms with Crippen molar-refractivity contribution in [3.63, 3.8) is 0 Å². The minimum Gasteiger partial charge on any atom is -0.454 e. The molecule has 0 unspecified atom stereocenters. The number of carbonyl (C=O) groups is 1. The van der Waals surface area contributed by atoms with Gasteiger partial charge in [-0.2, -0.15) is 5.26 Å². The number of carbonyl (C=O) groups excluding carboxylic acids is 1. The monoisotopic (exact) mass is 306 g/mol. The molecule has 1 heterocycles. The molecule has 21 heavy (non-hydrogen) atoms. The number of nitrogens with one attached hydrogen (secondary N) is 1. The third kappa shape index (κ3) is 2.64. The Morgan fingerprint density at radius 2 is 2.05 bits per heavy atom. The first kappa shape index (κ1) is 14.0. The van der Waals surface area contributed by atoms with Crippen LogP contribution in [0.15, 0.2) is 12.1 Å². The molecule has 2 aliphatic rings. The molecule has 0 atom stereocenters. The first-order valence-corrected chi connectivity index (χ1v) is 7.34. The minimum absolute atomic E-state index is 0.0995. The molecular weight excluding hydrogens is 292 g/mol. The predicted octanol–water partition coefficient (Wildman–Crippen LogP) is 3.02. The molecule has 1 aromatic rings. The van der Waals surface area contributed by atoms with Gasteiger partial charge in [0.05, 0.1) is 11.1 Å². The summed E-state index contributed by atoms with van der Waals surface area (Å²) in [6.45, 7) is 0.0995. The molecule has 1 aromatic carbocycles. The molecule has 3 rings (SSSR count). The van der Waals surface area contributed by atoms with Crippen molar-refractivity contribution in [2.75, 3.05) is 6.79 Å². The van der Waals surface area contributed by atoms with Gasteiger partial charge >= 0.3 is 0 Å². The highest BCUT2D eigenvalue weighted by molar-refractivity contribution is 6.32. The van der Waals surface area contributed by atoms with Crippen molar-refractivity contribution in [2.24, 2.45) is 0 Å². The zero-order chi connectivity index (χ0) is 14.9. The number of hydrogen-bond acceptors (Lipinski definition) is 4. The smallest absolute Gasteiger partial charge is 0.252 e. The maximum absolute atomic E-state index is 12.4. The van der Waals surface area contributed by atoms with Gasteiger partial charge in [0.2, 0.25) is 6.79 Å². The Labute approximate surface area is 127 Å². The highest BCUT2D eigenvalue weighted by Crippen LogP contribution is 2.40. The number of hydrogen-bond donors (Lipinski definition) is 1. The fraction of sp³-hybridized carbons (Fsp3) is 0.467. The van der Waals surface area contributed by atoms with Crippen LogP contribution in [0.4, 0.5) is 0 Å². The summed E-state index contributed by atoms with van der Waals surface area (Å²) in [5, 5.41) is 12.6. The predicted molar refractivity (Wildman–Crippen MR) is 76.5 cm³/mol. The Balaban J connectivity index is 1.82. The van der Waals surface area contributed by atoms with Crippen LogP contribution in [0.1, 0.15) is 42.5 Å². The highest BCUT2D eigenvalue weighted by Gasteiger charge is 2.34. The van der Waals surface area contributed by atoms with Crippen molar-refractivity contribution in [1.29, 1.82) is 5.26 Å². The lowest BCUT2D eigenvalue weighted by Crippen LogP contribution is -2.48. The van der Waals surface area contributed by atoms with E-state index in [-0.39, 0.29) is 12.7 Å². The summed E-state index contributed by atoms with van der Waals surface area (Å²) in [5.41, 5.74) is -0.387. The average Bonchev–Trinajstić information content (AvgIpc) is 2.97. The van der Waals surface area contributed by atoms with Gasteiger partial charge in [-0.15, -0.1) is 0 Å². The summed E-state index contributed by atoms with van der Waals surface area (Å²) in [6, 6.07) is 5.40. The third-order valence-corrected chi connectivity index (χ3v) is 4.24. The second-order valence-corrected chi connectivity index (χ2v) is 5.81. The number of fused-ring (bicyclic) bond motifs is 1. The van der Waals surface area contributed by atoms with Crippen LogP contribution in [0.2, 0.25) is 5.02 Å². The zero-order valence-electron chi connectivity index (χ0n) is 11.4. The zero-order valence-corrected chi connectivity index (χ0v) is 12.2. The maximum Gasteiger partial charge on any atom is 0.252 e. The molecule has 1 saturated carbocycles. The van der Waals surface area contributed by atoms with E-state index in [4.69, 9.17) is 21.1 Å². The van der Waals surface area contributed by atoms with Gasteiger partial charge in [-0.1, -0.05) is 30.9 Å². The Bertz CT molecular complexity index is 618. The molecule has 110 valence electrons. The van der Waals surface area contributed by atoms with E-state index in [9.17, 15) is 10.1 Å².